The van der Waals surface area contributed by atoms with E-state index in [1.54, 1.807) is 6.07 Å². The summed E-state index contributed by atoms with van der Waals surface area (Å²) in [6.07, 6.45) is -3.41. The Labute approximate surface area is 78.5 Å². The topological polar surface area (TPSA) is 17.1 Å². The number of carbonyl (C=O) groups is 1. The number of alkyl halides is 3. The van der Waals surface area contributed by atoms with Gasteiger partial charge in [-0.2, -0.15) is 13.2 Å². The van der Waals surface area contributed by atoms with Crippen LogP contribution in [0.15, 0.2) is 18.2 Å². The first-order chi connectivity index (χ1) is 6.50. The van der Waals surface area contributed by atoms with Crippen LogP contribution in [0.2, 0.25) is 0 Å². The third-order valence-electron chi connectivity index (χ3n) is 2.42. The van der Waals surface area contributed by atoms with E-state index in [0.717, 1.165) is 12.0 Å². The molecule has 2 rings (SSSR count). The Hall–Kier alpha value is -1.32. The van der Waals surface area contributed by atoms with E-state index >= 15 is 0 Å². The molecule has 0 N–H and O–H groups in total. The van der Waals surface area contributed by atoms with Gasteiger partial charge in [0.2, 0.25) is 0 Å². The van der Waals surface area contributed by atoms with Gasteiger partial charge in [0.05, 0.1) is 0 Å². The molecule has 1 aromatic carbocycles. The van der Waals surface area contributed by atoms with Crippen LogP contribution in [0.1, 0.15) is 21.5 Å². The molecule has 0 radical (unpaired) electrons. The zero-order chi connectivity index (χ0) is 10.3. The molecule has 0 saturated heterocycles. The molecule has 0 unspecified atom stereocenters. The molecule has 0 aliphatic heterocycles. The van der Waals surface area contributed by atoms with Crippen molar-refractivity contribution in [3.8, 4) is 0 Å². The van der Waals surface area contributed by atoms with Crippen molar-refractivity contribution < 1.29 is 18.0 Å². The fourth-order valence-corrected chi connectivity index (χ4v) is 1.61. The molecule has 0 fully saturated rings. The van der Waals surface area contributed by atoms with Gasteiger partial charge in [-0.1, -0.05) is 18.2 Å². The number of aryl methyl sites for hydroxylation is 1. The smallest absolute Gasteiger partial charge is 0.284 e. The summed E-state index contributed by atoms with van der Waals surface area (Å²) in [7, 11) is 0. The average Bonchev–Trinajstić information content (AvgIpc) is 2.03. The first-order valence-electron chi connectivity index (χ1n) is 4.22. The van der Waals surface area contributed by atoms with Gasteiger partial charge in [-0.3, -0.25) is 4.79 Å². The SMILES string of the molecule is O=C(c1cccc2c1CC2)C(F)(F)F. The highest BCUT2D eigenvalue weighted by Gasteiger charge is 2.41. The zero-order valence-electron chi connectivity index (χ0n) is 7.19. The molecule has 4 heteroatoms. The van der Waals surface area contributed by atoms with Crippen molar-refractivity contribution in [3.63, 3.8) is 0 Å². The number of Topliss-reactive ketones (excluding diaryl/α,β-unsaturated/α-hetero) is 1. The zero-order valence-corrected chi connectivity index (χ0v) is 7.19. The Balaban J connectivity index is 2.43. The quantitative estimate of drug-likeness (QED) is 0.636. The number of benzene rings is 1. The van der Waals surface area contributed by atoms with E-state index < -0.39 is 12.0 Å². The van der Waals surface area contributed by atoms with Crippen LogP contribution in [-0.4, -0.2) is 12.0 Å². The molecule has 0 amide bonds. The van der Waals surface area contributed by atoms with E-state index in [1.807, 2.05) is 0 Å². The molecule has 1 nitrogen and oxygen atoms in total. The molecular formula is C10H7F3O. The number of ketones is 1. The molecule has 1 aromatic rings. The minimum atomic E-state index is -4.76. The molecule has 14 heavy (non-hydrogen) atoms. The van der Waals surface area contributed by atoms with Crippen molar-refractivity contribution in [1.29, 1.82) is 0 Å². The Kier molecular flexibility index (Phi) is 1.87. The summed E-state index contributed by atoms with van der Waals surface area (Å²) in [5, 5.41) is 0. The highest BCUT2D eigenvalue weighted by Crippen LogP contribution is 2.30. The monoisotopic (exact) mass is 200 g/mol. The first-order valence-corrected chi connectivity index (χ1v) is 4.22. The maximum absolute atomic E-state index is 12.1. The summed E-state index contributed by atoms with van der Waals surface area (Å²) in [5.74, 6) is -1.73. The second-order valence-corrected chi connectivity index (χ2v) is 3.27. The third kappa shape index (κ3) is 1.31. The predicted molar refractivity (Wildman–Crippen MR) is 44.2 cm³/mol. The van der Waals surface area contributed by atoms with E-state index in [1.165, 1.54) is 12.1 Å². The van der Waals surface area contributed by atoms with Gasteiger partial charge >= 0.3 is 6.18 Å². The maximum Gasteiger partial charge on any atom is 0.454 e. The molecule has 0 aromatic heterocycles. The normalized spacial score (nSPS) is 14.5. The third-order valence-corrected chi connectivity index (χ3v) is 2.42. The van der Waals surface area contributed by atoms with Gasteiger partial charge in [-0.05, 0) is 24.0 Å². The second-order valence-electron chi connectivity index (χ2n) is 3.27. The Morgan fingerprint density at radius 1 is 1.21 bits per heavy atom. The standard InChI is InChI=1S/C10H7F3O/c11-10(12,13)9(14)8-3-1-2-6-4-5-7(6)8/h1-3H,4-5H2. The number of hydrogen-bond acceptors (Lipinski definition) is 1. The summed E-state index contributed by atoms with van der Waals surface area (Å²) in [5.41, 5.74) is 1.25. The summed E-state index contributed by atoms with van der Waals surface area (Å²) < 4.78 is 36.4. The molecule has 0 spiro atoms. The van der Waals surface area contributed by atoms with Crippen LogP contribution in [0.3, 0.4) is 0 Å². The van der Waals surface area contributed by atoms with Crippen molar-refractivity contribution >= 4 is 5.78 Å². The average molecular weight is 200 g/mol. The number of hydrogen-bond donors (Lipinski definition) is 0. The largest absolute Gasteiger partial charge is 0.454 e. The van der Waals surface area contributed by atoms with Crippen LogP contribution in [-0.2, 0) is 12.8 Å². The number of carbonyl (C=O) groups excluding carboxylic acids is 1. The summed E-state index contributed by atoms with van der Waals surface area (Å²) in [6, 6.07) is 4.50. The molecule has 0 bridgehead atoms. The lowest BCUT2D eigenvalue weighted by atomic mass is 9.83. The van der Waals surface area contributed by atoms with Gasteiger partial charge in [-0.15, -0.1) is 0 Å². The van der Waals surface area contributed by atoms with Gasteiger partial charge in [0, 0.05) is 5.56 Å². The fraction of sp³-hybridized carbons (Fsp3) is 0.300. The highest BCUT2D eigenvalue weighted by atomic mass is 19.4. The molecule has 0 heterocycles. The number of rotatable bonds is 1. The van der Waals surface area contributed by atoms with Crippen molar-refractivity contribution in [3.05, 3.63) is 34.9 Å². The Morgan fingerprint density at radius 3 is 2.43 bits per heavy atom. The number of halogens is 3. The van der Waals surface area contributed by atoms with Crippen LogP contribution in [0, 0.1) is 0 Å². The van der Waals surface area contributed by atoms with Gasteiger partial charge in [0.1, 0.15) is 0 Å². The van der Waals surface area contributed by atoms with Crippen LogP contribution >= 0.6 is 0 Å². The Morgan fingerprint density at radius 2 is 1.93 bits per heavy atom. The molecular weight excluding hydrogens is 193 g/mol. The summed E-state index contributed by atoms with van der Waals surface area (Å²) in [6.45, 7) is 0. The minimum absolute atomic E-state index is 0.179. The minimum Gasteiger partial charge on any atom is -0.284 e. The Bertz CT molecular complexity index is 393. The van der Waals surface area contributed by atoms with E-state index in [-0.39, 0.29) is 5.56 Å². The van der Waals surface area contributed by atoms with Gasteiger partial charge < -0.3 is 0 Å². The van der Waals surface area contributed by atoms with E-state index in [0.29, 0.717) is 12.0 Å². The molecule has 0 atom stereocenters. The lowest BCUT2D eigenvalue weighted by molar-refractivity contribution is -0.0886. The van der Waals surface area contributed by atoms with E-state index in [4.69, 9.17) is 0 Å². The molecule has 74 valence electrons. The first kappa shape index (κ1) is 9.24. The van der Waals surface area contributed by atoms with Crippen molar-refractivity contribution in [1.82, 2.24) is 0 Å². The summed E-state index contributed by atoms with van der Waals surface area (Å²) in [4.78, 5) is 10.9. The second kappa shape index (κ2) is 2.83. The molecule has 0 saturated carbocycles. The number of fused-ring (bicyclic) bond motifs is 1. The summed E-state index contributed by atoms with van der Waals surface area (Å²) >= 11 is 0. The molecule has 1 aliphatic rings. The van der Waals surface area contributed by atoms with Crippen molar-refractivity contribution in [2.45, 2.75) is 19.0 Å². The lowest BCUT2D eigenvalue weighted by Crippen LogP contribution is -2.26. The molecule has 1 aliphatic carbocycles. The fourth-order valence-electron chi connectivity index (χ4n) is 1.61. The van der Waals surface area contributed by atoms with Crippen LogP contribution in [0.5, 0.6) is 0 Å². The van der Waals surface area contributed by atoms with E-state index in [2.05, 4.69) is 0 Å². The van der Waals surface area contributed by atoms with Crippen LogP contribution in [0.4, 0.5) is 13.2 Å². The van der Waals surface area contributed by atoms with Gasteiger partial charge in [-0.25, -0.2) is 0 Å². The predicted octanol–water partition coefficient (Wildman–Crippen LogP) is 2.53. The van der Waals surface area contributed by atoms with E-state index in [9.17, 15) is 18.0 Å². The van der Waals surface area contributed by atoms with Gasteiger partial charge in [0.15, 0.2) is 0 Å². The van der Waals surface area contributed by atoms with Crippen LogP contribution in [0.25, 0.3) is 0 Å². The lowest BCUT2D eigenvalue weighted by Gasteiger charge is -2.21. The van der Waals surface area contributed by atoms with Gasteiger partial charge in [0.25, 0.3) is 5.78 Å². The van der Waals surface area contributed by atoms with Crippen molar-refractivity contribution in [2.75, 3.05) is 0 Å². The maximum atomic E-state index is 12.1. The van der Waals surface area contributed by atoms with Crippen molar-refractivity contribution in [2.24, 2.45) is 0 Å². The highest BCUT2D eigenvalue weighted by molar-refractivity contribution is 6.02. The van der Waals surface area contributed by atoms with Crippen LogP contribution < -0.4 is 0 Å².